The van der Waals surface area contributed by atoms with Crippen LogP contribution in [0.4, 0.5) is 17.3 Å². The van der Waals surface area contributed by atoms with Crippen LogP contribution in [0, 0.1) is 0 Å². The number of benzene rings is 2. The van der Waals surface area contributed by atoms with E-state index in [9.17, 15) is 0 Å². The number of nitrogens with one attached hydrogen (secondary N) is 3. The average molecular weight is 537 g/mol. The molecule has 4 atom stereocenters. The number of hydrogen-bond acceptors (Lipinski definition) is 9. The topological polar surface area (TPSA) is 102 Å². The minimum atomic E-state index is -0.158. The number of rotatable bonds is 8. The van der Waals surface area contributed by atoms with Gasteiger partial charge in [0, 0.05) is 55.4 Å². The van der Waals surface area contributed by atoms with Crippen molar-refractivity contribution in [3.63, 3.8) is 0 Å². The summed E-state index contributed by atoms with van der Waals surface area (Å²) < 4.78 is 22.9. The summed E-state index contributed by atoms with van der Waals surface area (Å²) in [6.07, 6.45) is 1.45. The third kappa shape index (κ3) is 5.74. The van der Waals surface area contributed by atoms with Crippen molar-refractivity contribution in [1.29, 1.82) is 0 Å². The highest BCUT2D eigenvalue weighted by Gasteiger charge is 2.48. The van der Waals surface area contributed by atoms with E-state index in [-0.39, 0.29) is 24.3 Å². The molecule has 0 spiro atoms. The van der Waals surface area contributed by atoms with Gasteiger partial charge in [0.2, 0.25) is 5.95 Å². The summed E-state index contributed by atoms with van der Waals surface area (Å²) in [4.78, 5) is 11.2. The molecule has 200 valence electrons. The minimum absolute atomic E-state index is 0.0812. The van der Waals surface area contributed by atoms with Crippen LogP contribution in [0.1, 0.15) is 0 Å². The molecule has 38 heavy (non-hydrogen) atoms. The van der Waals surface area contributed by atoms with Gasteiger partial charge < -0.3 is 39.8 Å². The van der Waals surface area contributed by atoms with E-state index < -0.39 is 0 Å². The van der Waals surface area contributed by atoms with Crippen LogP contribution in [0.5, 0.6) is 11.5 Å². The smallest absolute Gasteiger partial charge is 0.223 e. The van der Waals surface area contributed by atoms with Crippen molar-refractivity contribution in [2.24, 2.45) is 0 Å². The first-order valence-corrected chi connectivity index (χ1v) is 12.8. The fraction of sp³-hybridized carbons (Fsp3) is 0.370. The van der Waals surface area contributed by atoms with Crippen LogP contribution in [-0.4, -0.2) is 80.9 Å². The lowest BCUT2D eigenvalue weighted by atomic mass is 10.1. The molecule has 2 saturated heterocycles. The number of aromatic nitrogens is 2. The Labute approximate surface area is 227 Å². The summed E-state index contributed by atoms with van der Waals surface area (Å²) in [7, 11) is 7.26. The SMILES string of the molecule is COc1cc(NC(=S)N[C@H]2CO[C@H]3[C@@H]2OC[C@@H]3Nc2nccc(-c3ccc(N(C)C)cc3)n2)cc(OC)c1. The average Bonchev–Trinajstić information content (AvgIpc) is 3.51. The van der Waals surface area contributed by atoms with Gasteiger partial charge in [-0.05, 0) is 30.4 Å². The van der Waals surface area contributed by atoms with E-state index in [1.54, 1.807) is 26.5 Å². The molecule has 3 heterocycles. The number of thiocarbonyl (C=S) groups is 1. The molecule has 3 N–H and O–H groups in total. The van der Waals surface area contributed by atoms with E-state index in [1.165, 1.54) is 0 Å². The third-order valence-corrected chi connectivity index (χ3v) is 6.85. The summed E-state index contributed by atoms with van der Waals surface area (Å²) >= 11 is 5.56. The molecule has 0 saturated carbocycles. The Balaban J connectivity index is 1.19. The van der Waals surface area contributed by atoms with Gasteiger partial charge in [-0.1, -0.05) is 12.1 Å². The van der Waals surface area contributed by atoms with E-state index in [4.69, 9.17) is 36.1 Å². The Bertz CT molecular complexity index is 1250. The highest BCUT2D eigenvalue weighted by Crippen LogP contribution is 2.30. The molecule has 2 aliphatic rings. The second-order valence-corrected chi connectivity index (χ2v) is 9.77. The van der Waals surface area contributed by atoms with Gasteiger partial charge in [0.1, 0.15) is 23.7 Å². The van der Waals surface area contributed by atoms with Crippen molar-refractivity contribution < 1.29 is 18.9 Å². The zero-order valence-electron chi connectivity index (χ0n) is 21.8. The first-order valence-electron chi connectivity index (χ1n) is 12.3. The maximum Gasteiger partial charge on any atom is 0.223 e. The summed E-state index contributed by atoms with van der Waals surface area (Å²) in [5.41, 5.74) is 3.77. The molecule has 10 nitrogen and oxygen atoms in total. The highest BCUT2D eigenvalue weighted by molar-refractivity contribution is 7.80. The van der Waals surface area contributed by atoms with Crippen molar-refractivity contribution in [3.05, 3.63) is 54.7 Å². The van der Waals surface area contributed by atoms with Gasteiger partial charge in [0.05, 0.1) is 45.2 Å². The van der Waals surface area contributed by atoms with Gasteiger partial charge in [-0.25, -0.2) is 9.97 Å². The molecular formula is C27H32N6O4S. The van der Waals surface area contributed by atoms with Gasteiger partial charge in [-0.15, -0.1) is 0 Å². The number of methoxy groups -OCH3 is 2. The fourth-order valence-electron chi connectivity index (χ4n) is 4.65. The summed E-state index contributed by atoms with van der Waals surface area (Å²) in [5.74, 6) is 1.88. The molecular weight excluding hydrogens is 504 g/mol. The highest BCUT2D eigenvalue weighted by atomic mass is 32.1. The second-order valence-electron chi connectivity index (χ2n) is 9.36. The predicted molar refractivity (Wildman–Crippen MR) is 151 cm³/mol. The van der Waals surface area contributed by atoms with Crippen molar-refractivity contribution in [3.8, 4) is 22.8 Å². The number of anilines is 3. The fourth-order valence-corrected chi connectivity index (χ4v) is 4.92. The molecule has 1 aromatic heterocycles. The number of nitrogens with zero attached hydrogens (tertiary/aromatic N) is 3. The summed E-state index contributed by atoms with van der Waals surface area (Å²) in [6, 6.07) is 15.5. The molecule has 3 aromatic rings. The van der Waals surface area contributed by atoms with Crippen LogP contribution in [0.15, 0.2) is 54.7 Å². The van der Waals surface area contributed by atoms with Crippen LogP contribution in [0.3, 0.4) is 0 Å². The van der Waals surface area contributed by atoms with Gasteiger partial charge in [-0.3, -0.25) is 0 Å². The van der Waals surface area contributed by atoms with Crippen LogP contribution < -0.4 is 30.3 Å². The Morgan fingerprint density at radius 2 is 1.61 bits per heavy atom. The van der Waals surface area contributed by atoms with E-state index in [0.29, 0.717) is 35.8 Å². The normalized spacial score (nSPS) is 21.9. The van der Waals surface area contributed by atoms with Gasteiger partial charge in [0.15, 0.2) is 5.11 Å². The Morgan fingerprint density at radius 3 is 2.26 bits per heavy atom. The quantitative estimate of drug-likeness (QED) is 0.370. The maximum absolute atomic E-state index is 6.11. The molecule has 2 fully saturated rings. The minimum Gasteiger partial charge on any atom is -0.497 e. The molecule has 5 rings (SSSR count). The van der Waals surface area contributed by atoms with E-state index in [0.717, 1.165) is 22.6 Å². The third-order valence-electron chi connectivity index (χ3n) is 6.63. The number of ether oxygens (including phenoxy) is 4. The lowest BCUT2D eigenvalue weighted by molar-refractivity contribution is 0.0689. The van der Waals surface area contributed by atoms with Crippen LogP contribution in [0.2, 0.25) is 0 Å². The van der Waals surface area contributed by atoms with Gasteiger partial charge in [0.25, 0.3) is 0 Å². The molecule has 0 unspecified atom stereocenters. The van der Waals surface area contributed by atoms with Crippen molar-refractivity contribution in [2.75, 3.05) is 57.1 Å². The zero-order valence-corrected chi connectivity index (χ0v) is 22.6. The predicted octanol–water partition coefficient (Wildman–Crippen LogP) is 3.16. The monoisotopic (exact) mass is 536 g/mol. The summed E-state index contributed by atoms with van der Waals surface area (Å²) in [6.45, 7) is 0.946. The van der Waals surface area contributed by atoms with Gasteiger partial charge >= 0.3 is 0 Å². The van der Waals surface area contributed by atoms with Gasteiger partial charge in [-0.2, -0.15) is 0 Å². The maximum atomic E-state index is 6.11. The van der Waals surface area contributed by atoms with E-state index in [1.807, 2.05) is 32.3 Å². The molecule has 11 heteroatoms. The number of hydrogen-bond donors (Lipinski definition) is 3. The second kappa shape index (κ2) is 11.4. The molecule has 0 amide bonds. The lowest BCUT2D eigenvalue weighted by Crippen LogP contribution is -2.46. The first-order chi connectivity index (χ1) is 18.4. The molecule has 2 aliphatic heterocycles. The zero-order chi connectivity index (χ0) is 26.6. The lowest BCUT2D eigenvalue weighted by Gasteiger charge is -2.20. The first kappa shape index (κ1) is 26.0. The molecule has 0 radical (unpaired) electrons. The molecule has 0 aliphatic carbocycles. The van der Waals surface area contributed by atoms with Crippen molar-refractivity contribution in [1.82, 2.24) is 15.3 Å². The van der Waals surface area contributed by atoms with Crippen LogP contribution >= 0.6 is 12.2 Å². The van der Waals surface area contributed by atoms with Crippen molar-refractivity contribution in [2.45, 2.75) is 24.3 Å². The Hall–Kier alpha value is -3.67. The van der Waals surface area contributed by atoms with Crippen molar-refractivity contribution >= 4 is 34.7 Å². The Morgan fingerprint density at radius 1 is 0.947 bits per heavy atom. The van der Waals surface area contributed by atoms with Crippen LogP contribution in [0.25, 0.3) is 11.3 Å². The van der Waals surface area contributed by atoms with E-state index >= 15 is 0 Å². The number of fused-ring (bicyclic) bond motifs is 1. The van der Waals surface area contributed by atoms with E-state index in [2.05, 4.69) is 50.1 Å². The van der Waals surface area contributed by atoms with Crippen LogP contribution in [-0.2, 0) is 9.47 Å². The largest absolute Gasteiger partial charge is 0.497 e. The Kier molecular flexibility index (Phi) is 7.77. The molecule has 0 bridgehead atoms. The standard InChI is InChI=1S/C27H32N6O4S/c1-33(2)18-7-5-16(6-8-18)21-9-10-28-26(30-21)31-22-14-36-25-23(15-37-24(22)25)32-27(38)29-17-11-19(34-3)13-20(12-17)35-4/h5-13,22-25H,14-15H2,1-4H3,(H,28,30,31)(H2,29,32,38)/t22-,23-,24+,25+/m0/s1. The molecule has 2 aromatic carbocycles. The summed E-state index contributed by atoms with van der Waals surface area (Å²) in [5, 5.41) is 10.4.